The molecular formula is C86H101N5O14. The van der Waals surface area contributed by atoms with Crippen LogP contribution in [0.4, 0.5) is 14.4 Å². The van der Waals surface area contributed by atoms with Gasteiger partial charge in [0.2, 0.25) is 5.91 Å². The molecule has 6 aromatic rings. The molecule has 19 heteroatoms. The van der Waals surface area contributed by atoms with Crippen molar-refractivity contribution in [1.82, 2.24) is 25.9 Å². The third-order valence-corrected chi connectivity index (χ3v) is 25.3. The number of ether oxygens (including phenoxy) is 6. The van der Waals surface area contributed by atoms with E-state index in [9.17, 15) is 33.6 Å². The highest BCUT2D eigenvalue weighted by atomic mass is 16.7. The van der Waals surface area contributed by atoms with E-state index >= 15 is 0 Å². The van der Waals surface area contributed by atoms with Gasteiger partial charge in [-0.2, -0.15) is 0 Å². The zero-order valence-corrected chi connectivity index (χ0v) is 61.1. The summed E-state index contributed by atoms with van der Waals surface area (Å²) in [5.74, 6) is -1.06. The van der Waals surface area contributed by atoms with Crippen LogP contribution in [0, 0.1) is 46.3 Å². The summed E-state index contributed by atoms with van der Waals surface area (Å²) in [5.41, 5.74) is 13.6. The molecule has 554 valence electrons. The molecule has 0 aromatic heterocycles. The fourth-order valence-electron chi connectivity index (χ4n) is 20.2. The van der Waals surface area contributed by atoms with Crippen molar-refractivity contribution in [2.75, 3.05) is 72.4 Å². The Morgan fingerprint density at radius 1 is 0.524 bits per heavy atom. The van der Waals surface area contributed by atoms with E-state index in [0.717, 1.165) is 73.6 Å². The van der Waals surface area contributed by atoms with E-state index in [1.54, 1.807) is 0 Å². The number of hydrogen-bond donors (Lipinski definition) is 3. The molecule has 7 aliphatic carbocycles. The summed E-state index contributed by atoms with van der Waals surface area (Å²) in [6.07, 6.45) is 7.99. The quantitative estimate of drug-likeness (QED) is 0.0226. The Kier molecular flexibility index (Phi) is 22.6. The van der Waals surface area contributed by atoms with Crippen LogP contribution in [0.25, 0.3) is 33.4 Å². The van der Waals surface area contributed by atoms with Crippen LogP contribution in [0.1, 0.15) is 169 Å². The standard InChI is InChI=1S/C86H101N5O14/c1-54(21-17-43-90(55(2)92)50-80(95)105-91-78(93)36-37-79(91)94)73-34-35-74-81-75(49-77(86(73,74)4)101-46-20-42-89-84(98)104-53-72-68-32-15-9-26-62(68)63-27-10-16-33-69(63)72)85(3)39-38-57(99-44-18-40-87-82(96)102-51-70-64-28-11-5-22-58(64)59-23-6-12-29-65(59)70)47-56(85)48-76(81)100-45-19-41-88-83(97)103-52-71-66-30-13-7-24-60(66)61-25-8-14-31-67(61)71/h5-16,22-33,54,56-57,70-77,81H,17-21,34-53H2,1-4H3,(H,87,96)(H,88,97)(H,89,98)/t54-,56?,57-,73-,74+,75+,76-,77+,81?,85+,86?/m1/s1. The van der Waals surface area contributed by atoms with Crippen molar-refractivity contribution in [3.05, 3.63) is 179 Å². The van der Waals surface area contributed by atoms with Crippen molar-refractivity contribution in [3.63, 3.8) is 0 Å². The molecule has 3 N–H and O–H groups in total. The Bertz CT molecular complexity index is 4010. The number of benzene rings is 6. The van der Waals surface area contributed by atoms with Crippen LogP contribution in [-0.2, 0) is 52.4 Å². The molecular weight excluding hydrogens is 1330 g/mol. The molecule has 0 radical (unpaired) electrons. The number of imide groups is 1. The minimum absolute atomic E-state index is 0.0235. The zero-order chi connectivity index (χ0) is 72.8. The molecule has 6 amide bonds. The van der Waals surface area contributed by atoms with Crippen molar-refractivity contribution in [2.24, 2.45) is 46.3 Å². The van der Waals surface area contributed by atoms with Crippen molar-refractivity contribution in [3.8, 4) is 33.4 Å². The number of nitrogens with one attached hydrogen (secondary N) is 3. The van der Waals surface area contributed by atoms with Gasteiger partial charge in [-0.1, -0.05) is 166 Å². The fourth-order valence-corrected chi connectivity index (χ4v) is 20.2. The molecule has 1 aliphatic heterocycles. The second kappa shape index (κ2) is 32.4. The van der Waals surface area contributed by atoms with E-state index in [4.69, 9.17) is 33.3 Å². The Labute approximate surface area is 616 Å². The van der Waals surface area contributed by atoms with Crippen molar-refractivity contribution < 1.29 is 66.8 Å². The Balaban J connectivity index is 0.643. The molecule has 1 saturated heterocycles. The first kappa shape index (κ1) is 73.0. The summed E-state index contributed by atoms with van der Waals surface area (Å²) < 4.78 is 39.2. The third kappa shape index (κ3) is 15.3. The minimum atomic E-state index is -0.843. The molecule has 11 atom stereocenters. The van der Waals surface area contributed by atoms with E-state index in [-0.39, 0.29) is 128 Å². The molecule has 8 aliphatic rings. The molecule has 0 bridgehead atoms. The van der Waals surface area contributed by atoms with Gasteiger partial charge in [0.25, 0.3) is 11.8 Å². The number of hydrogen-bond acceptors (Lipinski definition) is 14. The van der Waals surface area contributed by atoms with E-state index < -0.39 is 36.1 Å². The van der Waals surface area contributed by atoms with Gasteiger partial charge in [0.15, 0.2) is 0 Å². The topological polar surface area (TPSA) is 227 Å². The summed E-state index contributed by atoms with van der Waals surface area (Å²) in [4.78, 5) is 97.5. The molecule has 105 heavy (non-hydrogen) atoms. The van der Waals surface area contributed by atoms with Gasteiger partial charge in [-0.15, -0.1) is 5.06 Å². The summed E-state index contributed by atoms with van der Waals surface area (Å²) in [6.45, 7) is 11.9. The SMILES string of the molecule is CC(=O)N(CCC[C@@H](C)[C@H]1CC[C@H]2C3[C@H](OCCCNC(=O)OCC4c5ccccc5-c5ccccc54)CC4C[C@H](OCCCNC(=O)OCC5c6ccccc6-c6ccccc65)CC[C@]4(C)[C@H]3C[C@H](OCCCNC(=O)OCC3c4ccccc4-c4ccccc43)C12C)CC(=O)ON1C(=O)CCC1=O. The smallest absolute Gasteiger partial charge is 0.407 e. The molecule has 19 nitrogen and oxygen atoms in total. The number of amides is 6. The number of alkyl carbamates (subject to hydrolysis) is 3. The average Bonchev–Trinajstić information content (AvgIpc) is 1.66. The van der Waals surface area contributed by atoms with E-state index in [1.165, 1.54) is 56.3 Å². The zero-order valence-electron chi connectivity index (χ0n) is 61.1. The van der Waals surface area contributed by atoms with Gasteiger partial charge in [-0.05, 0) is 185 Å². The van der Waals surface area contributed by atoms with Gasteiger partial charge in [0, 0.05) is 88.9 Å². The van der Waals surface area contributed by atoms with Gasteiger partial charge in [-0.3, -0.25) is 14.4 Å². The fraction of sp³-hybridized carbons (Fsp3) is 0.500. The first-order valence-corrected chi connectivity index (χ1v) is 38.5. The Hall–Kier alpha value is -8.91. The Morgan fingerprint density at radius 3 is 1.40 bits per heavy atom. The molecule has 4 saturated carbocycles. The maximum absolute atomic E-state index is 13.5. The molecule has 1 heterocycles. The summed E-state index contributed by atoms with van der Waals surface area (Å²) in [7, 11) is 0. The molecule has 6 aromatic carbocycles. The average molecular weight is 1430 g/mol. The molecule has 0 spiro atoms. The molecule has 3 unspecified atom stereocenters. The number of carbonyl (C=O) groups is 7. The van der Waals surface area contributed by atoms with Gasteiger partial charge >= 0.3 is 24.2 Å². The van der Waals surface area contributed by atoms with Crippen molar-refractivity contribution in [2.45, 2.75) is 154 Å². The van der Waals surface area contributed by atoms with E-state index in [0.29, 0.717) is 76.7 Å². The lowest BCUT2D eigenvalue weighted by Gasteiger charge is -2.65. The number of hydroxylamine groups is 2. The van der Waals surface area contributed by atoms with Gasteiger partial charge in [0.1, 0.15) is 26.4 Å². The monoisotopic (exact) mass is 1430 g/mol. The van der Waals surface area contributed by atoms with Crippen LogP contribution in [0.2, 0.25) is 0 Å². The van der Waals surface area contributed by atoms with Crippen LogP contribution in [0.15, 0.2) is 146 Å². The van der Waals surface area contributed by atoms with E-state index in [1.807, 2.05) is 72.8 Å². The van der Waals surface area contributed by atoms with E-state index in [2.05, 4.69) is 110 Å². The van der Waals surface area contributed by atoms with Crippen LogP contribution in [0.5, 0.6) is 0 Å². The predicted octanol–water partition coefficient (Wildman–Crippen LogP) is 14.7. The maximum atomic E-state index is 13.5. The number of fused-ring (bicyclic) bond motifs is 14. The highest BCUT2D eigenvalue weighted by Gasteiger charge is 2.67. The second-order valence-corrected chi connectivity index (χ2v) is 31.0. The Morgan fingerprint density at radius 2 is 0.952 bits per heavy atom. The molecule has 5 fully saturated rings. The number of nitrogens with zero attached hydrogens (tertiary/aromatic N) is 2. The van der Waals surface area contributed by atoms with Crippen LogP contribution in [0.3, 0.4) is 0 Å². The minimum Gasteiger partial charge on any atom is -0.449 e. The first-order chi connectivity index (χ1) is 51.1. The second-order valence-electron chi connectivity index (χ2n) is 31.0. The van der Waals surface area contributed by atoms with Crippen molar-refractivity contribution >= 4 is 42.0 Å². The molecule has 14 rings (SSSR count). The maximum Gasteiger partial charge on any atom is 0.407 e. The number of carbonyl (C=O) groups excluding carboxylic acids is 7. The predicted molar refractivity (Wildman–Crippen MR) is 396 cm³/mol. The van der Waals surface area contributed by atoms with Gasteiger partial charge in [-0.25, -0.2) is 19.2 Å². The summed E-state index contributed by atoms with van der Waals surface area (Å²) in [6, 6.07) is 49.9. The highest BCUT2D eigenvalue weighted by Crippen LogP contribution is 2.69. The lowest BCUT2D eigenvalue weighted by molar-refractivity contribution is -0.227. The van der Waals surface area contributed by atoms with Crippen LogP contribution < -0.4 is 16.0 Å². The summed E-state index contributed by atoms with van der Waals surface area (Å²) >= 11 is 0. The lowest BCUT2D eigenvalue weighted by Crippen LogP contribution is -2.63. The van der Waals surface area contributed by atoms with Crippen LogP contribution >= 0.6 is 0 Å². The van der Waals surface area contributed by atoms with Gasteiger partial charge < -0.3 is 54.1 Å². The normalized spacial score (nSPS) is 24.9. The lowest BCUT2D eigenvalue weighted by atomic mass is 9.43. The van der Waals surface area contributed by atoms with Crippen molar-refractivity contribution in [1.29, 1.82) is 0 Å². The highest BCUT2D eigenvalue weighted by molar-refractivity contribution is 6.01. The summed E-state index contributed by atoms with van der Waals surface area (Å²) in [5, 5.41) is 9.59. The third-order valence-electron chi connectivity index (χ3n) is 25.3. The largest absolute Gasteiger partial charge is 0.449 e. The van der Waals surface area contributed by atoms with Crippen LogP contribution in [-0.4, -0.2) is 143 Å². The van der Waals surface area contributed by atoms with Gasteiger partial charge in [0.05, 0.1) is 18.3 Å². The first-order valence-electron chi connectivity index (χ1n) is 38.5. The number of rotatable bonds is 29.